The lowest BCUT2D eigenvalue weighted by Gasteiger charge is -2.17. The average Bonchev–Trinajstić information content (AvgIpc) is 2.53. The Morgan fingerprint density at radius 2 is 1.78 bits per heavy atom. The molecule has 0 fully saturated rings. The van der Waals surface area contributed by atoms with Crippen LogP contribution in [0.25, 0.3) is 0 Å². The Balaban J connectivity index is 2.58. The highest BCUT2D eigenvalue weighted by atomic mass is 32.2. The van der Waals surface area contributed by atoms with Gasteiger partial charge in [-0.2, -0.15) is 4.31 Å². The van der Waals surface area contributed by atoms with Crippen LogP contribution in [0.15, 0.2) is 29.2 Å². The Morgan fingerprint density at radius 3 is 2.39 bits per heavy atom. The van der Waals surface area contributed by atoms with Crippen molar-refractivity contribution in [3.05, 3.63) is 34.4 Å². The van der Waals surface area contributed by atoms with Crippen molar-refractivity contribution in [1.82, 2.24) is 4.31 Å². The Labute approximate surface area is 135 Å². The summed E-state index contributed by atoms with van der Waals surface area (Å²) in [5.74, 6) is 0. The molecule has 1 rings (SSSR count). The topological polar surface area (TPSA) is 125 Å². The molecule has 0 amide bonds. The first kappa shape index (κ1) is 19.5. The number of para-hydroxylation sites is 1. The Hall–Kier alpha value is -1.59. The van der Waals surface area contributed by atoms with Gasteiger partial charge in [-0.15, -0.1) is 0 Å². The number of benzene rings is 1. The van der Waals surface area contributed by atoms with Gasteiger partial charge < -0.3 is 15.2 Å². The van der Waals surface area contributed by atoms with Gasteiger partial charge >= 0.3 is 0 Å². The summed E-state index contributed by atoms with van der Waals surface area (Å²) in [6, 6.07) is 5.23. The molecular weight excluding hydrogens is 326 g/mol. The maximum atomic E-state index is 12.4. The fraction of sp³-hybridized carbons (Fsp3) is 0.538. The van der Waals surface area contributed by atoms with Crippen molar-refractivity contribution < 1.29 is 22.8 Å². The van der Waals surface area contributed by atoms with Crippen LogP contribution in [0.3, 0.4) is 0 Å². The zero-order chi connectivity index (χ0) is 17.3. The quantitative estimate of drug-likeness (QED) is 0.344. The van der Waals surface area contributed by atoms with Gasteiger partial charge in [-0.1, -0.05) is 12.1 Å². The molecule has 0 atom stereocenters. The predicted molar refractivity (Wildman–Crippen MR) is 83.6 cm³/mol. The summed E-state index contributed by atoms with van der Waals surface area (Å²) in [6.07, 6.45) is 0. The van der Waals surface area contributed by atoms with Gasteiger partial charge in [-0.05, 0) is 6.07 Å². The van der Waals surface area contributed by atoms with E-state index in [1.165, 1.54) is 25.2 Å². The molecule has 0 spiro atoms. The van der Waals surface area contributed by atoms with Gasteiger partial charge in [0.25, 0.3) is 5.69 Å². The highest BCUT2D eigenvalue weighted by Crippen LogP contribution is 2.25. The van der Waals surface area contributed by atoms with E-state index in [0.29, 0.717) is 26.4 Å². The zero-order valence-corrected chi connectivity index (χ0v) is 13.7. The van der Waals surface area contributed by atoms with Crippen LogP contribution in [0, 0.1) is 10.1 Å². The van der Waals surface area contributed by atoms with Gasteiger partial charge in [0, 0.05) is 26.2 Å². The highest BCUT2D eigenvalue weighted by Gasteiger charge is 2.28. The number of hydrogen-bond acceptors (Lipinski definition) is 7. The van der Waals surface area contributed by atoms with E-state index >= 15 is 0 Å². The second-order valence-corrected chi connectivity index (χ2v) is 6.58. The maximum Gasteiger partial charge on any atom is 0.289 e. The minimum atomic E-state index is -3.95. The average molecular weight is 347 g/mol. The van der Waals surface area contributed by atoms with E-state index in [0.717, 1.165) is 10.4 Å². The van der Waals surface area contributed by atoms with Crippen molar-refractivity contribution in [1.29, 1.82) is 0 Å². The van der Waals surface area contributed by atoms with Gasteiger partial charge in [0.1, 0.15) is 0 Å². The van der Waals surface area contributed by atoms with E-state index in [4.69, 9.17) is 15.2 Å². The van der Waals surface area contributed by atoms with Crippen LogP contribution in [0.5, 0.6) is 0 Å². The lowest BCUT2D eigenvalue weighted by atomic mass is 10.3. The predicted octanol–water partition coefficient (Wildman–Crippen LogP) is 0.207. The Kier molecular flexibility index (Phi) is 8.06. The second-order valence-electron chi connectivity index (χ2n) is 4.56. The second kappa shape index (κ2) is 9.53. The van der Waals surface area contributed by atoms with E-state index in [9.17, 15) is 18.5 Å². The van der Waals surface area contributed by atoms with Crippen LogP contribution in [-0.2, 0) is 19.5 Å². The van der Waals surface area contributed by atoms with Gasteiger partial charge in [0.15, 0.2) is 4.90 Å². The van der Waals surface area contributed by atoms with Gasteiger partial charge in [0.05, 0.1) is 31.4 Å². The normalized spacial score (nSPS) is 11.8. The Bertz CT molecular complexity index is 607. The zero-order valence-electron chi connectivity index (χ0n) is 12.9. The SMILES string of the molecule is CN(CCOCCOCCN)S(=O)(=O)c1ccccc1[N+](=O)[O-]. The summed E-state index contributed by atoms with van der Waals surface area (Å²) in [5, 5.41) is 11.0. The van der Waals surface area contributed by atoms with E-state index in [2.05, 4.69) is 0 Å². The monoisotopic (exact) mass is 347 g/mol. The van der Waals surface area contributed by atoms with Crippen molar-refractivity contribution in [3.8, 4) is 0 Å². The Morgan fingerprint density at radius 1 is 1.17 bits per heavy atom. The molecule has 0 bridgehead atoms. The van der Waals surface area contributed by atoms with Crippen molar-refractivity contribution in [3.63, 3.8) is 0 Å². The van der Waals surface area contributed by atoms with Crippen molar-refractivity contribution in [2.24, 2.45) is 5.73 Å². The standard InChI is InChI=1S/C13H21N3O6S/c1-15(7-9-22-11-10-21-8-6-14)23(19,20)13-5-3-2-4-12(13)16(17)18/h2-5H,6-11,14H2,1H3. The van der Waals surface area contributed by atoms with Crippen LogP contribution in [-0.4, -0.2) is 64.2 Å². The third kappa shape index (κ3) is 5.84. The van der Waals surface area contributed by atoms with Crippen molar-refractivity contribution >= 4 is 15.7 Å². The molecule has 1 aromatic rings. The molecule has 2 N–H and O–H groups in total. The summed E-state index contributed by atoms with van der Waals surface area (Å²) in [6.45, 7) is 1.79. The largest absolute Gasteiger partial charge is 0.378 e. The van der Waals surface area contributed by atoms with Crippen molar-refractivity contribution in [2.45, 2.75) is 4.90 Å². The highest BCUT2D eigenvalue weighted by molar-refractivity contribution is 7.89. The van der Waals surface area contributed by atoms with Gasteiger partial charge in [-0.25, -0.2) is 8.42 Å². The first-order chi connectivity index (χ1) is 10.9. The van der Waals surface area contributed by atoms with E-state index < -0.39 is 20.6 Å². The number of nitrogens with zero attached hydrogens (tertiary/aromatic N) is 2. The number of hydrogen-bond donors (Lipinski definition) is 1. The molecule has 0 saturated carbocycles. The maximum absolute atomic E-state index is 12.4. The number of nitrogens with two attached hydrogens (primary N) is 1. The summed E-state index contributed by atoms with van der Waals surface area (Å²) in [5.41, 5.74) is 4.81. The smallest absolute Gasteiger partial charge is 0.289 e. The van der Waals surface area contributed by atoms with Crippen LogP contribution in [0.2, 0.25) is 0 Å². The van der Waals surface area contributed by atoms with Gasteiger partial charge in [-0.3, -0.25) is 10.1 Å². The minimum Gasteiger partial charge on any atom is -0.378 e. The van der Waals surface area contributed by atoms with E-state index in [1.807, 2.05) is 0 Å². The molecule has 0 radical (unpaired) electrons. The van der Waals surface area contributed by atoms with E-state index in [1.54, 1.807) is 0 Å². The molecule has 0 aromatic heterocycles. The fourth-order valence-electron chi connectivity index (χ4n) is 1.71. The molecule has 0 saturated heterocycles. The van der Waals surface area contributed by atoms with Crippen LogP contribution >= 0.6 is 0 Å². The number of rotatable bonds is 11. The molecular formula is C13H21N3O6S. The number of sulfonamides is 1. The fourth-order valence-corrected chi connectivity index (χ4v) is 3.02. The lowest BCUT2D eigenvalue weighted by molar-refractivity contribution is -0.387. The van der Waals surface area contributed by atoms with Gasteiger partial charge in [0.2, 0.25) is 10.0 Å². The van der Waals surface area contributed by atoms with Crippen molar-refractivity contribution in [2.75, 3.05) is 46.6 Å². The summed E-state index contributed by atoms with van der Waals surface area (Å²) in [4.78, 5) is 9.90. The molecule has 0 heterocycles. The molecule has 9 nitrogen and oxygen atoms in total. The number of ether oxygens (including phenoxy) is 2. The van der Waals surface area contributed by atoms with Crippen LogP contribution in [0.1, 0.15) is 0 Å². The lowest BCUT2D eigenvalue weighted by Crippen LogP contribution is -2.31. The van der Waals surface area contributed by atoms with Crippen LogP contribution < -0.4 is 5.73 Å². The molecule has 1 aromatic carbocycles. The molecule has 0 aliphatic heterocycles. The minimum absolute atomic E-state index is 0.0747. The number of nitro benzene ring substituents is 1. The molecule has 0 aliphatic carbocycles. The third-order valence-corrected chi connectivity index (χ3v) is 4.84. The first-order valence-corrected chi connectivity index (χ1v) is 8.40. The van der Waals surface area contributed by atoms with E-state index in [-0.39, 0.29) is 18.0 Å². The molecule has 0 aliphatic rings. The first-order valence-electron chi connectivity index (χ1n) is 6.96. The number of likely N-dealkylation sites (N-methyl/N-ethyl adjacent to an activating group) is 1. The summed E-state index contributed by atoms with van der Waals surface area (Å²) >= 11 is 0. The van der Waals surface area contributed by atoms with Crippen LogP contribution in [0.4, 0.5) is 5.69 Å². The molecule has 10 heteroatoms. The summed E-state index contributed by atoms with van der Waals surface area (Å²) < 4.78 is 36.2. The third-order valence-electron chi connectivity index (χ3n) is 2.93. The summed E-state index contributed by atoms with van der Waals surface area (Å²) in [7, 11) is -2.60. The number of nitro groups is 1. The molecule has 130 valence electrons. The molecule has 0 unspecified atom stereocenters. The molecule has 23 heavy (non-hydrogen) atoms.